The van der Waals surface area contributed by atoms with Crippen LogP contribution in [0.1, 0.15) is 31.8 Å². The maximum absolute atomic E-state index is 12.4. The van der Waals surface area contributed by atoms with E-state index in [1.807, 2.05) is 19.1 Å². The molecular formula is C16H13NO3. The Hall–Kier alpha value is -2.46. The molecule has 0 atom stereocenters. The Kier molecular flexibility index (Phi) is 2.88. The zero-order chi connectivity index (χ0) is 14.3. The molecule has 1 N–H and O–H groups in total. The number of aliphatic hydroxyl groups excluding tert-OH is 1. The van der Waals surface area contributed by atoms with Gasteiger partial charge in [-0.15, -0.1) is 0 Å². The number of carbonyl (C=O) groups excluding carboxylic acids is 2. The van der Waals surface area contributed by atoms with E-state index in [4.69, 9.17) is 5.11 Å². The first-order valence-corrected chi connectivity index (χ1v) is 6.31. The van der Waals surface area contributed by atoms with Crippen LogP contribution in [0, 0.1) is 6.92 Å². The van der Waals surface area contributed by atoms with E-state index >= 15 is 0 Å². The van der Waals surface area contributed by atoms with Crippen LogP contribution in [0.25, 0.3) is 0 Å². The van der Waals surface area contributed by atoms with E-state index in [1.54, 1.807) is 30.3 Å². The van der Waals surface area contributed by atoms with Gasteiger partial charge in [0.25, 0.3) is 11.8 Å². The lowest BCUT2D eigenvalue weighted by Gasteiger charge is -2.13. The Morgan fingerprint density at radius 2 is 1.60 bits per heavy atom. The highest BCUT2D eigenvalue weighted by Gasteiger charge is 2.36. The maximum atomic E-state index is 12.4. The van der Waals surface area contributed by atoms with E-state index in [0.717, 1.165) is 5.56 Å². The second-order valence-corrected chi connectivity index (χ2v) is 4.82. The van der Waals surface area contributed by atoms with E-state index in [9.17, 15) is 9.59 Å². The fraction of sp³-hybridized carbons (Fsp3) is 0.125. The van der Waals surface area contributed by atoms with Crippen LogP contribution in [0.4, 0.5) is 5.69 Å². The molecule has 0 radical (unpaired) electrons. The first-order chi connectivity index (χ1) is 9.61. The molecule has 20 heavy (non-hydrogen) atoms. The van der Waals surface area contributed by atoms with Crippen LogP contribution in [0.15, 0.2) is 42.5 Å². The summed E-state index contributed by atoms with van der Waals surface area (Å²) in [5.74, 6) is -0.664. The topological polar surface area (TPSA) is 57.6 Å². The number of aliphatic hydroxyl groups is 1. The second kappa shape index (κ2) is 4.58. The summed E-state index contributed by atoms with van der Waals surface area (Å²) in [6.07, 6.45) is 0. The van der Waals surface area contributed by atoms with Crippen molar-refractivity contribution in [2.75, 3.05) is 4.90 Å². The maximum Gasteiger partial charge on any atom is 0.266 e. The van der Waals surface area contributed by atoms with Crippen LogP contribution in [0.2, 0.25) is 0 Å². The molecule has 2 amide bonds. The zero-order valence-electron chi connectivity index (χ0n) is 11.0. The molecule has 4 heteroatoms. The number of benzene rings is 2. The molecule has 1 aliphatic rings. The number of aryl methyl sites for hydroxylation is 1. The van der Waals surface area contributed by atoms with Gasteiger partial charge in [0.05, 0.1) is 23.4 Å². The minimum Gasteiger partial charge on any atom is -0.392 e. The quantitative estimate of drug-likeness (QED) is 0.849. The van der Waals surface area contributed by atoms with E-state index < -0.39 is 0 Å². The third kappa shape index (κ3) is 1.82. The summed E-state index contributed by atoms with van der Waals surface area (Å²) < 4.78 is 0. The minimum absolute atomic E-state index is 0.153. The molecule has 0 spiro atoms. The lowest BCUT2D eigenvalue weighted by atomic mass is 10.1. The zero-order valence-corrected chi connectivity index (χ0v) is 11.0. The Morgan fingerprint density at radius 1 is 0.950 bits per heavy atom. The van der Waals surface area contributed by atoms with Gasteiger partial charge in [0, 0.05) is 0 Å². The highest BCUT2D eigenvalue weighted by molar-refractivity contribution is 6.34. The highest BCUT2D eigenvalue weighted by Crippen LogP contribution is 2.29. The third-order valence-electron chi connectivity index (χ3n) is 3.43. The molecule has 1 aliphatic heterocycles. The molecule has 0 unspecified atom stereocenters. The number of amides is 2. The number of anilines is 1. The van der Waals surface area contributed by atoms with Gasteiger partial charge in [0.15, 0.2) is 0 Å². The number of rotatable bonds is 2. The molecule has 0 saturated heterocycles. The molecule has 100 valence electrons. The van der Waals surface area contributed by atoms with Gasteiger partial charge in [0.2, 0.25) is 0 Å². The highest BCUT2D eigenvalue weighted by atomic mass is 16.3. The van der Waals surface area contributed by atoms with E-state index in [-0.39, 0.29) is 18.4 Å². The van der Waals surface area contributed by atoms with Gasteiger partial charge in [-0.25, -0.2) is 4.90 Å². The standard InChI is InChI=1S/C16H13NO3/c1-10-2-5-12(6-3-10)17-15(19)13-7-4-11(9-18)8-14(13)16(17)20/h2-8,18H,9H2,1H3. The predicted octanol–water partition coefficient (Wildman–Crippen LogP) is 2.29. The summed E-state index contributed by atoms with van der Waals surface area (Å²) in [7, 11) is 0. The van der Waals surface area contributed by atoms with Crippen LogP contribution in [-0.2, 0) is 6.61 Å². The van der Waals surface area contributed by atoms with Crippen LogP contribution in [-0.4, -0.2) is 16.9 Å². The molecule has 0 saturated carbocycles. The average Bonchev–Trinajstić information content (AvgIpc) is 2.72. The number of imide groups is 1. The van der Waals surface area contributed by atoms with Crippen LogP contribution in [0.5, 0.6) is 0 Å². The molecule has 4 nitrogen and oxygen atoms in total. The first kappa shape index (κ1) is 12.6. The second-order valence-electron chi connectivity index (χ2n) is 4.82. The average molecular weight is 267 g/mol. The largest absolute Gasteiger partial charge is 0.392 e. The fourth-order valence-corrected chi connectivity index (χ4v) is 2.31. The predicted molar refractivity (Wildman–Crippen MR) is 74.7 cm³/mol. The van der Waals surface area contributed by atoms with Gasteiger partial charge in [-0.05, 0) is 36.8 Å². The smallest absolute Gasteiger partial charge is 0.266 e. The van der Waals surface area contributed by atoms with Crippen LogP contribution < -0.4 is 4.90 Å². The Morgan fingerprint density at radius 3 is 2.25 bits per heavy atom. The summed E-state index contributed by atoms with van der Waals surface area (Å²) in [6.45, 7) is 1.79. The number of hydrogen-bond acceptors (Lipinski definition) is 3. The van der Waals surface area contributed by atoms with E-state index in [2.05, 4.69) is 0 Å². The number of hydrogen-bond donors (Lipinski definition) is 1. The molecule has 2 aromatic carbocycles. The molecular weight excluding hydrogens is 254 g/mol. The third-order valence-corrected chi connectivity index (χ3v) is 3.43. The van der Waals surface area contributed by atoms with Crippen molar-refractivity contribution >= 4 is 17.5 Å². The summed E-state index contributed by atoms with van der Waals surface area (Å²) in [6, 6.07) is 12.0. The Labute approximate surface area is 116 Å². The normalized spacial score (nSPS) is 13.8. The molecule has 1 heterocycles. The summed E-state index contributed by atoms with van der Waals surface area (Å²) in [5, 5.41) is 9.12. The van der Waals surface area contributed by atoms with Gasteiger partial charge >= 0.3 is 0 Å². The van der Waals surface area contributed by atoms with E-state index in [0.29, 0.717) is 22.4 Å². The molecule has 0 bridgehead atoms. The minimum atomic E-state index is -0.343. The van der Waals surface area contributed by atoms with Crippen molar-refractivity contribution in [2.24, 2.45) is 0 Å². The summed E-state index contributed by atoms with van der Waals surface area (Å²) in [4.78, 5) is 25.9. The lowest BCUT2D eigenvalue weighted by Crippen LogP contribution is -2.29. The van der Waals surface area contributed by atoms with Gasteiger partial charge in [-0.2, -0.15) is 0 Å². The van der Waals surface area contributed by atoms with Crippen molar-refractivity contribution in [2.45, 2.75) is 13.5 Å². The number of carbonyl (C=O) groups is 2. The van der Waals surface area contributed by atoms with Gasteiger partial charge in [-0.1, -0.05) is 23.8 Å². The number of fused-ring (bicyclic) bond motifs is 1. The van der Waals surface area contributed by atoms with Crippen LogP contribution >= 0.6 is 0 Å². The number of nitrogens with zero attached hydrogens (tertiary/aromatic N) is 1. The van der Waals surface area contributed by atoms with Crippen molar-refractivity contribution in [3.05, 3.63) is 64.7 Å². The molecule has 0 fully saturated rings. The van der Waals surface area contributed by atoms with Crippen molar-refractivity contribution in [3.8, 4) is 0 Å². The fourth-order valence-electron chi connectivity index (χ4n) is 2.31. The Balaban J connectivity index is 2.07. The molecule has 3 rings (SSSR count). The summed E-state index contributed by atoms with van der Waals surface area (Å²) >= 11 is 0. The van der Waals surface area contributed by atoms with Crippen LogP contribution in [0.3, 0.4) is 0 Å². The monoisotopic (exact) mass is 267 g/mol. The molecule has 0 aromatic heterocycles. The molecule has 0 aliphatic carbocycles. The Bertz CT molecular complexity index is 704. The van der Waals surface area contributed by atoms with Gasteiger partial charge in [0.1, 0.15) is 0 Å². The SMILES string of the molecule is Cc1ccc(N2C(=O)c3ccc(CO)cc3C2=O)cc1. The van der Waals surface area contributed by atoms with Gasteiger partial charge < -0.3 is 5.11 Å². The van der Waals surface area contributed by atoms with Gasteiger partial charge in [-0.3, -0.25) is 9.59 Å². The van der Waals surface area contributed by atoms with Crippen molar-refractivity contribution < 1.29 is 14.7 Å². The molecule has 2 aromatic rings. The van der Waals surface area contributed by atoms with E-state index in [1.165, 1.54) is 4.90 Å². The van der Waals surface area contributed by atoms with Crippen molar-refractivity contribution in [1.29, 1.82) is 0 Å². The van der Waals surface area contributed by atoms with Crippen molar-refractivity contribution in [1.82, 2.24) is 0 Å². The summed E-state index contributed by atoms with van der Waals surface area (Å²) in [5.41, 5.74) is 2.98. The lowest BCUT2D eigenvalue weighted by molar-refractivity contribution is 0.0926. The first-order valence-electron chi connectivity index (χ1n) is 6.31. The van der Waals surface area contributed by atoms with Crippen molar-refractivity contribution in [3.63, 3.8) is 0 Å².